The molecule has 9 heteroatoms. The van der Waals surface area contributed by atoms with E-state index < -0.39 is 5.91 Å². The van der Waals surface area contributed by atoms with Crippen LogP contribution in [0.5, 0.6) is 17.2 Å². The predicted octanol–water partition coefficient (Wildman–Crippen LogP) is 6.86. The highest BCUT2D eigenvalue weighted by Gasteiger charge is 2.14. The van der Waals surface area contributed by atoms with Gasteiger partial charge >= 0.3 is 0 Å². The predicted molar refractivity (Wildman–Crippen MR) is 139 cm³/mol. The van der Waals surface area contributed by atoms with Gasteiger partial charge in [0, 0.05) is 0 Å². The molecule has 1 amide bonds. The molecule has 4 rings (SSSR count). The number of rotatable bonds is 7. The Morgan fingerprint density at radius 3 is 2.43 bits per heavy atom. The highest BCUT2D eigenvalue weighted by atomic mass is 35.5. The number of phenols is 1. The monoisotopic (exact) mass is 528 g/mol. The first-order valence-corrected chi connectivity index (χ1v) is 11.5. The van der Waals surface area contributed by atoms with Gasteiger partial charge in [-0.2, -0.15) is 5.10 Å². The second-order valence-corrected chi connectivity index (χ2v) is 8.71. The lowest BCUT2D eigenvalue weighted by atomic mass is 10.1. The van der Waals surface area contributed by atoms with Crippen molar-refractivity contribution in [3.8, 4) is 17.2 Å². The molecule has 0 radical (unpaired) electrons. The molecule has 4 aromatic carbocycles. The molecule has 0 aliphatic carbocycles. The summed E-state index contributed by atoms with van der Waals surface area (Å²) in [5.74, 6) is 0.0498. The Morgan fingerprint density at radius 2 is 1.71 bits per heavy atom. The van der Waals surface area contributed by atoms with Crippen molar-refractivity contribution in [3.05, 3.63) is 98.5 Å². The normalized spacial score (nSPS) is 11.1. The minimum absolute atomic E-state index is 0.113. The van der Waals surface area contributed by atoms with Crippen LogP contribution in [0.25, 0.3) is 10.8 Å². The molecule has 0 aliphatic rings. The maximum Gasteiger partial charge on any atom is 0.275 e. The number of benzene rings is 4. The number of hydrogen-bond donors (Lipinski definition) is 2. The summed E-state index contributed by atoms with van der Waals surface area (Å²) in [5, 5.41) is 17.0. The van der Waals surface area contributed by atoms with Crippen molar-refractivity contribution in [3.63, 3.8) is 0 Å². The van der Waals surface area contributed by atoms with Crippen molar-refractivity contribution in [2.45, 2.75) is 6.61 Å². The summed E-state index contributed by atoms with van der Waals surface area (Å²) in [4.78, 5) is 12.5. The first-order chi connectivity index (χ1) is 16.9. The zero-order chi connectivity index (χ0) is 24.9. The smallest absolute Gasteiger partial charge is 0.275 e. The van der Waals surface area contributed by atoms with Gasteiger partial charge in [-0.3, -0.25) is 4.79 Å². The molecule has 0 aromatic heterocycles. The van der Waals surface area contributed by atoms with Gasteiger partial charge < -0.3 is 14.6 Å². The van der Waals surface area contributed by atoms with E-state index in [1.54, 1.807) is 36.4 Å². The minimum Gasteiger partial charge on any atom is -0.507 e. The Labute approximate surface area is 216 Å². The van der Waals surface area contributed by atoms with Crippen LogP contribution in [-0.2, 0) is 6.61 Å². The third kappa shape index (κ3) is 5.80. The van der Waals surface area contributed by atoms with Crippen LogP contribution in [-0.4, -0.2) is 24.3 Å². The minimum atomic E-state index is -0.552. The van der Waals surface area contributed by atoms with Gasteiger partial charge in [0.25, 0.3) is 5.91 Å². The van der Waals surface area contributed by atoms with Crippen LogP contribution in [0.1, 0.15) is 21.5 Å². The Kier molecular flexibility index (Phi) is 7.66. The summed E-state index contributed by atoms with van der Waals surface area (Å²) < 4.78 is 11.3. The number of nitrogens with one attached hydrogen (secondary N) is 1. The molecule has 0 aliphatic heterocycles. The standard InChI is InChI=1S/C26H19Cl3N2O4/c1-34-24-10-16(9-22(29)25(24)35-14-15-6-7-20(27)21(28)8-15)13-30-31-26(33)19-11-17-4-2-3-5-18(17)12-23(19)32/h2-13,32H,14H2,1H3,(H,31,33). The molecule has 0 fully saturated rings. The van der Waals surface area contributed by atoms with E-state index >= 15 is 0 Å². The summed E-state index contributed by atoms with van der Waals surface area (Å²) in [6.07, 6.45) is 1.41. The highest BCUT2D eigenvalue weighted by Crippen LogP contribution is 2.37. The lowest BCUT2D eigenvalue weighted by Gasteiger charge is -2.13. The summed E-state index contributed by atoms with van der Waals surface area (Å²) in [6, 6.07) is 19.0. The maximum absolute atomic E-state index is 12.5. The molecule has 0 saturated carbocycles. The molecule has 0 saturated heterocycles. The van der Waals surface area contributed by atoms with Crippen molar-refractivity contribution >= 4 is 57.7 Å². The molecule has 35 heavy (non-hydrogen) atoms. The summed E-state index contributed by atoms with van der Waals surface area (Å²) >= 11 is 18.4. The average molecular weight is 530 g/mol. The Morgan fingerprint density at radius 1 is 0.971 bits per heavy atom. The number of amides is 1. The number of methoxy groups -OCH3 is 1. The molecular formula is C26H19Cl3N2O4. The average Bonchev–Trinajstić information content (AvgIpc) is 2.84. The molecule has 0 unspecified atom stereocenters. The SMILES string of the molecule is COc1cc(C=NNC(=O)c2cc3ccccc3cc2O)cc(Cl)c1OCc1ccc(Cl)c(Cl)c1. The van der Waals surface area contributed by atoms with E-state index in [2.05, 4.69) is 10.5 Å². The van der Waals surface area contributed by atoms with Gasteiger partial charge in [-0.05, 0) is 58.3 Å². The van der Waals surface area contributed by atoms with Crippen molar-refractivity contribution in [2.75, 3.05) is 7.11 Å². The zero-order valence-corrected chi connectivity index (χ0v) is 20.7. The fourth-order valence-electron chi connectivity index (χ4n) is 3.38. The Bertz CT molecular complexity index is 1440. The number of nitrogens with zero attached hydrogens (tertiary/aromatic N) is 1. The Hall–Kier alpha value is -3.45. The number of aromatic hydroxyl groups is 1. The molecule has 0 bridgehead atoms. The second-order valence-electron chi connectivity index (χ2n) is 7.49. The third-order valence-corrected chi connectivity index (χ3v) is 6.13. The van der Waals surface area contributed by atoms with Crippen molar-refractivity contribution in [1.29, 1.82) is 0 Å². The fraction of sp³-hybridized carbons (Fsp3) is 0.0769. The van der Waals surface area contributed by atoms with E-state index in [1.807, 2.05) is 24.3 Å². The number of carbonyl (C=O) groups is 1. The number of phenolic OH excluding ortho intramolecular Hbond substituents is 1. The number of fused-ring (bicyclic) bond motifs is 1. The molecule has 4 aromatic rings. The lowest BCUT2D eigenvalue weighted by molar-refractivity contribution is 0.0952. The van der Waals surface area contributed by atoms with E-state index in [1.165, 1.54) is 19.4 Å². The van der Waals surface area contributed by atoms with Crippen LogP contribution >= 0.6 is 34.8 Å². The number of halogens is 3. The summed E-state index contributed by atoms with van der Waals surface area (Å²) in [5.41, 5.74) is 3.90. The second kappa shape index (κ2) is 10.9. The van der Waals surface area contributed by atoms with E-state index in [0.717, 1.165) is 16.3 Å². The van der Waals surface area contributed by atoms with Crippen molar-refractivity contribution in [1.82, 2.24) is 5.43 Å². The fourth-order valence-corrected chi connectivity index (χ4v) is 3.97. The summed E-state index contributed by atoms with van der Waals surface area (Å²) in [6.45, 7) is 0.200. The number of carbonyl (C=O) groups excluding carboxylic acids is 1. The van der Waals surface area contributed by atoms with Gasteiger partial charge in [0.2, 0.25) is 0 Å². The molecule has 6 nitrogen and oxygen atoms in total. The number of hydrogen-bond acceptors (Lipinski definition) is 5. The molecular weight excluding hydrogens is 511 g/mol. The topological polar surface area (TPSA) is 80.2 Å². The lowest BCUT2D eigenvalue weighted by Crippen LogP contribution is -2.17. The number of ether oxygens (including phenoxy) is 2. The third-order valence-electron chi connectivity index (χ3n) is 5.11. The van der Waals surface area contributed by atoms with Crippen LogP contribution in [0, 0.1) is 0 Å². The van der Waals surface area contributed by atoms with E-state index in [9.17, 15) is 9.90 Å². The highest BCUT2D eigenvalue weighted by molar-refractivity contribution is 6.42. The molecule has 0 atom stereocenters. The van der Waals surface area contributed by atoms with Gasteiger partial charge in [-0.25, -0.2) is 5.43 Å². The van der Waals surface area contributed by atoms with Gasteiger partial charge in [0.05, 0.1) is 34.0 Å². The van der Waals surface area contributed by atoms with Crippen LogP contribution in [0.15, 0.2) is 71.8 Å². The van der Waals surface area contributed by atoms with Gasteiger partial charge in [-0.15, -0.1) is 0 Å². The molecule has 0 spiro atoms. The van der Waals surface area contributed by atoms with E-state index in [-0.39, 0.29) is 17.9 Å². The molecule has 0 heterocycles. The zero-order valence-electron chi connectivity index (χ0n) is 18.4. The van der Waals surface area contributed by atoms with Gasteiger partial charge in [0.15, 0.2) is 11.5 Å². The van der Waals surface area contributed by atoms with E-state index in [0.29, 0.717) is 32.1 Å². The van der Waals surface area contributed by atoms with Crippen LogP contribution in [0.2, 0.25) is 15.1 Å². The van der Waals surface area contributed by atoms with Crippen LogP contribution in [0.4, 0.5) is 0 Å². The van der Waals surface area contributed by atoms with Gasteiger partial charge in [0.1, 0.15) is 12.4 Å². The van der Waals surface area contributed by atoms with Crippen molar-refractivity contribution < 1.29 is 19.4 Å². The first-order valence-electron chi connectivity index (χ1n) is 10.3. The quantitative estimate of drug-likeness (QED) is 0.202. The van der Waals surface area contributed by atoms with Crippen LogP contribution in [0.3, 0.4) is 0 Å². The van der Waals surface area contributed by atoms with E-state index in [4.69, 9.17) is 44.3 Å². The molecule has 2 N–H and O–H groups in total. The maximum atomic E-state index is 12.5. The largest absolute Gasteiger partial charge is 0.507 e. The van der Waals surface area contributed by atoms with Gasteiger partial charge in [-0.1, -0.05) is 65.1 Å². The number of hydrazone groups is 1. The molecule has 178 valence electrons. The van der Waals surface area contributed by atoms with Crippen LogP contribution < -0.4 is 14.9 Å². The van der Waals surface area contributed by atoms with Crippen molar-refractivity contribution in [2.24, 2.45) is 5.10 Å². The first kappa shape index (κ1) is 24.7. The summed E-state index contributed by atoms with van der Waals surface area (Å²) in [7, 11) is 1.49. The Balaban J connectivity index is 1.47.